The van der Waals surface area contributed by atoms with Gasteiger partial charge in [-0.3, -0.25) is 4.79 Å². The molecule has 178 valence electrons. The van der Waals surface area contributed by atoms with Gasteiger partial charge in [-0.2, -0.15) is 5.10 Å². The van der Waals surface area contributed by atoms with Crippen LogP contribution in [0.15, 0.2) is 60.8 Å². The number of nitrogens with two attached hydrogens (primary N) is 2. The zero-order valence-corrected chi connectivity index (χ0v) is 19.5. The maximum Gasteiger partial charge on any atom is 0.259 e. The molecule has 2 fully saturated rings. The molecular formula is C26H32N6O2. The fourth-order valence-corrected chi connectivity index (χ4v) is 5.25. The zero-order chi connectivity index (χ0) is 23.7. The van der Waals surface area contributed by atoms with Crippen LogP contribution in [0, 0.1) is 11.8 Å². The number of nitrogens with zero attached hydrogens (tertiary/aromatic N) is 4. The van der Waals surface area contributed by atoms with Crippen molar-refractivity contribution in [3.8, 4) is 11.4 Å². The van der Waals surface area contributed by atoms with Gasteiger partial charge in [0.15, 0.2) is 0 Å². The third-order valence-corrected chi connectivity index (χ3v) is 7.19. The molecule has 1 amide bonds. The summed E-state index contributed by atoms with van der Waals surface area (Å²) in [6, 6.07) is 17.8. The van der Waals surface area contributed by atoms with E-state index in [4.69, 9.17) is 16.2 Å². The minimum atomic E-state index is -0.0377. The fraction of sp³-hybridized carbons (Fsp3) is 0.385. The van der Waals surface area contributed by atoms with Crippen LogP contribution in [0.1, 0.15) is 28.4 Å². The Balaban J connectivity index is 1.16. The van der Waals surface area contributed by atoms with Crippen LogP contribution in [0.2, 0.25) is 0 Å². The molecule has 0 bridgehead atoms. The number of rotatable bonds is 7. The van der Waals surface area contributed by atoms with E-state index in [-0.39, 0.29) is 11.9 Å². The van der Waals surface area contributed by atoms with E-state index >= 15 is 0 Å². The maximum atomic E-state index is 13.2. The van der Waals surface area contributed by atoms with Crippen LogP contribution in [-0.2, 0) is 0 Å². The molecule has 2 saturated heterocycles. The van der Waals surface area contributed by atoms with E-state index < -0.39 is 0 Å². The molecule has 3 atom stereocenters. The predicted octanol–water partition coefficient (Wildman–Crippen LogP) is 2.56. The van der Waals surface area contributed by atoms with Gasteiger partial charge in [-0.15, -0.1) is 0 Å². The highest BCUT2D eigenvalue weighted by molar-refractivity contribution is 5.98. The van der Waals surface area contributed by atoms with Crippen molar-refractivity contribution in [1.82, 2.24) is 19.6 Å². The number of anilines is 1. The van der Waals surface area contributed by atoms with Gasteiger partial charge in [-0.25, -0.2) is 4.68 Å². The van der Waals surface area contributed by atoms with Gasteiger partial charge in [-0.1, -0.05) is 30.3 Å². The Morgan fingerprint density at radius 1 is 1.06 bits per heavy atom. The summed E-state index contributed by atoms with van der Waals surface area (Å²) in [6.07, 6.45) is 2.51. The van der Waals surface area contributed by atoms with Gasteiger partial charge in [0.2, 0.25) is 0 Å². The van der Waals surface area contributed by atoms with Crippen LogP contribution in [0.5, 0.6) is 5.75 Å². The Kier molecular flexibility index (Phi) is 6.26. The molecule has 8 nitrogen and oxygen atoms in total. The highest BCUT2D eigenvalue weighted by Crippen LogP contribution is 2.33. The smallest absolute Gasteiger partial charge is 0.259 e. The van der Waals surface area contributed by atoms with E-state index in [1.165, 1.54) is 5.56 Å². The maximum absolute atomic E-state index is 13.2. The van der Waals surface area contributed by atoms with Gasteiger partial charge in [0.05, 0.1) is 19.0 Å². The van der Waals surface area contributed by atoms with Gasteiger partial charge in [0.25, 0.3) is 5.91 Å². The molecule has 2 aromatic carbocycles. The van der Waals surface area contributed by atoms with Gasteiger partial charge < -0.3 is 26.0 Å². The lowest BCUT2D eigenvalue weighted by atomic mass is 10.0. The average molecular weight is 461 g/mol. The number of hydrogen-bond donors (Lipinski definition) is 2. The molecule has 34 heavy (non-hydrogen) atoms. The monoisotopic (exact) mass is 460 g/mol. The SMILES string of the molecule is COc1ccc(-n2ncc(C(=O)N3CC4CN(CC[C@H](N)c5ccccc5)CC4C3)c2N)cc1. The number of benzene rings is 2. The van der Waals surface area contributed by atoms with Gasteiger partial charge >= 0.3 is 0 Å². The molecule has 3 aromatic rings. The van der Waals surface area contributed by atoms with E-state index in [2.05, 4.69) is 22.1 Å². The second-order valence-electron chi connectivity index (χ2n) is 9.35. The average Bonchev–Trinajstić information content (AvgIpc) is 3.56. The Labute approximate surface area is 200 Å². The third kappa shape index (κ3) is 4.38. The third-order valence-electron chi connectivity index (χ3n) is 7.19. The normalized spacial score (nSPS) is 20.9. The first kappa shape index (κ1) is 22.4. The lowest BCUT2D eigenvalue weighted by molar-refractivity contribution is 0.0775. The summed E-state index contributed by atoms with van der Waals surface area (Å²) in [5.41, 5.74) is 15.1. The summed E-state index contributed by atoms with van der Waals surface area (Å²) in [5.74, 6) is 2.07. The molecule has 2 aliphatic heterocycles. The van der Waals surface area contributed by atoms with Crippen molar-refractivity contribution >= 4 is 11.7 Å². The minimum absolute atomic E-state index is 0.0377. The zero-order valence-electron chi connectivity index (χ0n) is 19.5. The lowest BCUT2D eigenvalue weighted by Gasteiger charge is -2.23. The summed E-state index contributed by atoms with van der Waals surface area (Å²) >= 11 is 0. The molecule has 0 saturated carbocycles. The van der Waals surface area contributed by atoms with E-state index in [9.17, 15) is 4.79 Å². The topological polar surface area (TPSA) is 103 Å². The Hall–Kier alpha value is -3.36. The molecular weight excluding hydrogens is 428 g/mol. The number of fused-ring (bicyclic) bond motifs is 1. The molecule has 5 rings (SSSR count). The van der Waals surface area contributed by atoms with Crippen LogP contribution in [0.25, 0.3) is 5.69 Å². The summed E-state index contributed by atoms with van der Waals surface area (Å²) in [5, 5.41) is 4.37. The molecule has 2 aliphatic rings. The summed E-state index contributed by atoms with van der Waals surface area (Å²) < 4.78 is 6.80. The summed E-state index contributed by atoms with van der Waals surface area (Å²) in [6.45, 7) is 4.53. The number of amides is 1. The van der Waals surface area contributed by atoms with Gasteiger partial charge in [-0.05, 0) is 54.6 Å². The highest BCUT2D eigenvalue weighted by atomic mass is 16.5. The van der Waals surface area contributed by atoms with E-state index in [1.54, 1.807) is 18.0 Å². The number of ether oxygens (including phenoxy) is 1. The number of aromatic nitrogens is 2. The van der Waals surface area contributed by atoms with Gasteiger partial charge in [0.1, 0.15) is 17.1 Å². The summed E-state index contributed by atoms with van der Waals surface area (Å²) in [7, 11) is 1.62. The molecule has 1 aromatic heterocycles. The van der Waals surface area contributed by atoms with Crippen molar-refractivity contribution in [2.75, 3.05) is 45.6 Å². The Morgan fingerprint density at radius 3 is 2.38 bits per heavy atom. The molecule has 0 radical (unpaired) electrons. The van der Waals surface area contributed by atoms with Crippen LogP contribution in [-0.4, -0.2) is 65.3 Å². The second kappa shape index (κ2) is 9.48. The van der Waals surface area contributed by atoms with Crippen molar-refractivity contribution in [3.63, 3.8) is 0 Å². The van der Waals surface area contributed by atoms with Crippen molar-refractivity contribution in [3.05, 3.63) is 71.9 Å². The summed E-state index contributed by atoms with van der Waals surface area (Å²) in [4.78, 5) is 17.7. The largest absolute Gasteiger partial charge is 0.497 e. The number of carbonyl (C=O) groups is 1. The molecule has 4 N–H and O–H groups in total. The quantitative estimate of drug-likeness (QED) is 0.562. The number of hydrogen-bond acceptors (Lipinski definition) is 6. The molecule has 0 spiro atoms. The van der Waals surface area contributed by atoms with Gasteiger partial charge in [0, 0.05) is 32.2 Å². The molecule has 0 aliphatic carbocycles. The van der Waals surface area contributed by atoms with Crippen LogP contribution >= 0.6 is 0 Å². The first-order valence-corrected chi connectivity index (χ1v) is 11.8. The highest BCUT2D eigenvalue weighted by Gasteiger charge is 2.42. The second-order valence-corrected chi connectivity index (χ2v) is 9.35. The van der Waals surface area contributed by atoms with Crippen molar-refractivity contribution in [2.24, 2.45) is 17.6 Å². The van der Waals surface area contributed by atoms with Crippen molar-refractivity contribution < 1.29 is 9.53 Å². The van der Waals surface area contributed by atoms with E-state index in [0.717, 1.165) is 50.6 Å². The Bertz CT molecular complexity index is 1120. The van der Waals surface area contributed by atoms with Crippen LogP contribution < -0.4 is 16.2 Å². The molecule has 8 heteroatoms. The molecule has 2 unspecified atom stereocenters. The Morgan fingerprint density at radius 2 is 1.74 bits per heavy atom. The standard InChI is InChI=1S/C26H32N6O2/c1-34-22-9-7-21(8-10-22)32-25(28)23(13-29-32)26(33)31-16-19-14-30(15-20(19)17-31)12-11-24(27)18-5-3-2-4-6-18/h2-10,13,19-20,24H,11-12,14-17,27-28H2,1H3/t19?,20?,24-/m0/s1. The van der Waals surface area contributed by atoms with Crippen LogP contribution in [0.3, 0.4) is 0 Å². The van der Waals surface area contributed by atoms with E-state index in [0.29, 0.717) is 23.2 Å². The van der Waals surface area contributed by atoms with Crippen molar-refractivity contribution in [1.29, 1.82) is 0 Å². The van der Waals surface area contributed by atoms with Crippen molar-refractivity contribution in [2.45, 2.75) is 12.5 Å². The number of likely N-dealkylation sites (tertiary alicyclic amines) is 2. The fourth-order valence-electron chi connectivity index (χ4n) is 5.25. The molecule has 3 heterocycles. The van der Waals surface area contributed by atoms with Crippen LogP contribution in [0.4, 0.5) is 5.82 Å². The first-order valence-electron chi connectivity index (χ1n) is 11.8. The number of methoxy groups -OCH3 is 1. The number of nitrogen functional groups attached to an aromatic ring is 1. The van der Waals surface area contributed by atoms with E-state index in [1.807, 2.05) is 47.4 Å². The predicted molar refractivity (Wildman–Crippen MR) is 132 cm³/mol. The minimum Gasteiger partial charge on any atom is -0.497 e. The first-order chi connectivity index (χ1) is 16.5. The lowest BCUT2D eigenvalue weighted by Crippen LogP contribution is -2.34. The number of carbonyl (C=O) groups excluding carboxylic acids is 1.